The van der Waals surface area contributed by atoms with Gasteiger partial charge in [0, 0.05) is 17.1 Å². The Hall–Kier alpha value is -2.90. The summed E-state index contributed by atoms with van der Waals surface area (Å²) >= 11 is 11.8. The van der Waals surface area contributed by atoms with Crippen LogP contribution in [0.5, 0.6) is 5.75 Å². The Morgan fingerprint density at radius 2 is 1.68 bits per heavy atom. The van der Waals surface area contributed by atoms with E-state index in [9.17, 15) is 9.59 Å². The number of amides is 2. The molecule has 0 unspecified atom stereocenters. The number of hydrogen-bond donors (Lipinski definition) is 2. The minimum absolute atomic E-state index is 0.119. The number of benzene rings is 2. The summed E-state index contributed by atoms with van der Waals surface area (Å²) in [6, 6.07) is 12.2. The predicted molar refractivity (Wildman–Crippen MR) is 116 cm³/mol. The molecule has 2 N–H and O–H groups in total. The van der Waals surface area contributed by atoms with Gasteiger partial charge in [-0.05, 0) is 43.5 Å². The molecule has 158 valence electrons. The largest absolute Gasteiger partial charge is 0.484 e. The van der Waals surface area contributed by atoms with E-state index in [2.05, 4.69) is 20.6 Å². The minimum Gasteiger partial charge on any atom is -0.484 e. The fraction of sp³-hybridized carbons (Fsp3) is 0.273. The predicted octanol–water partition coefficient (Wildman–Crippen LogP) is 3.54. The Labute approximate surface area is 188 Å². The molecular weight excluding hydrogens is 439 g/mol. The second-order valence-corrected chi connectivity index (χ2v) is 9.02. The lowest BCUT2D eigenvalue weighted by Crippen LogP contribution is -2.84. The van der Waals surface area contributed by atoms with Gasteiger partial charge in [0.05, 0.1) is 27.3 Å². The first-order chi connectivity index (χ1) is 14.9. The van der Waals surface area contributed by atoms with Gasteiger partial charge in [0.2, 0.25) is 0 Å². The van der Waals surface area contributed by atoms with Gasteiger partial charge in [-0.1, -0.05) is 35.3 Å². The summed E-state index contributed by atoms with van der Waals surface area (Å²) in [5.41, 5.74) is 1.15. The molecule has 2 amide bonds. The summed E-state index contributed by atoms with van der Waals surface area (Å²) < 4.78 is 5.48. The monoisotopic (exact) mass is 456 g/mol. The van der Waals surface area contributed by atoms with Gasteiger partial charge in [-0.15, -0.1) is 0 Å². The van der Waals surface area contributed by atoms with E-state index in [1.807, 2.05) is 24.3 Å². The van der Waals surface area contributed by atoms with Crippen LogP contribution < -0.4 is 15.4 Å². The first-order valence-electron chi connectivity index (χ1n) is 9.79. The molecule has 0 aliphatic heterocycles. The number of hydrogen-bond acceptors (Lipinski definition) is 5. The topological polar surface area (TPSA) is 93.2 Å². The quantitative estimate of drug-likeness (QED) is 0.591. The maximum absolute atomic E-state index is 12.6. The zero-order valence-electron chi connectivity index (χ0n) is 16.3. The molecule has 2 aromatic carbocycles. The van der Waals surface area contributed by atoms with Crippen molar-refractivity contribution in [2.24, 2.45) is 0 Å². The zero-order valence-corrected chi connectivity index (χ0v) is 17.8. The molecular formula is C22H18Cl2N4O3. The van der Waals surface area contributed by atoms with E-state index in [1.165, 1.54) is 6.20 Å². The van der Waals surface area contributed by atoms with Crippen molar-refractivity contribution in [1.29, 1.82) is 0 Å². The summed E-state index contributed by atoms with van der Waals surface area (Å²) in [5, 5.41) is 6.86. The summed E-state index contributed by atoms with van der Waals surface area (Å²) in [6.45, 7) is -0.119. The number of rotatable bonds is 6. The number of carbonyl (C=O) groups excluding carboxylic acids is 2. The highest BCUT2D eigenvalue weighted by molar-refractivity contribution is 6.42. The molecule has 0 saturated heterocycles. The first-order valence-corrected chi connectivity index (χ1v) is 10.5. The van der Waals surface area contributed by atoms with Gasteiger partial charge >= 0.3 is 0 Å². The van der Waals surface area contributed by atoms with Crippen molar-refractivity contribution in [3.63, 3.8) is 0 Å². The zero-order chi connectivity index (χ0) is 21.6. The van der Waals surface area contributed by atoms with Gasteiger partial charge in [0.1, 0.15) is 11.4 Å². The van der Waals surface area contributed by atoms with E-state index >= 15 is 0 Å². The Morgan fingerprint density at radius 3 is 2.42 bits per heavy atom. The highest BCUT2D eigenvalue weighted by Gasteiger charge is 2.69. The van der Waals surface area contributed by atoms with Crippen molar-refractivity contribution < 1.29 is 14.3 Å². The van der Waals surface area contributed by atoms with Crippen LogP contribution in [0.1, 0.15) is 29.8 Å². The lowest BCUT2D eigenvalue weighted by molar-refractivity contribution is -0.141. The van der Waals surface area contributed by atoms with E-state index in [-0.39, 0.29) is 35.2 Å². The Balaban J connectivity index is 1.12. The van der Waals surface area contributed by atoms with E-state index in [1.54, 1.807) is 18.2 Å². The molecule has 9 heteroatoms. The number of carbonyl (C=O) groups is 2. The van der Waals surface area contributed by atoms with Gasteiger partial charge in [-0.25, -0.2) is 4.98 Å². The van der Waals surface area contributed by atoms with E-state index in [0.29, 0.717) is 40.6 Å². The van der Waals surface area contributed by atoms with Crippen molar-refractivity contribution in [1.82, 2.24) is 20.6 Å². The lowest BCUT2D eigenvalue weighted by Gasteiger charge is -2.70. The third-order valence-corrected chi connectivity index (χ3v) is 6.49. The number of nitrogens with zero attached hydrogens (tertiary/aromatic N) is 2. The van der Waals surface area contributed by atoms with Crippen LogP contribution in [-0.2, 0) is 4.79 Å². The maximum Gasteiger partial charge on any atom is 0.271 e. The Bertz CT molecular complexity index is 1200. The summed E-state index contributed by atoms with van der Waals surface area (Å²) in [6.07, 6.45) is 3.54. The average molecular weight is 457 g/mol. The van der Waals surface area contributed by atoms with Gasteiger partial charge in [-0.3, -0.25) is 14.6 Å². The second-order valence-electron chi connectivity index (χ2n) is 8.20. The fourth-order valence-electron chi connectivity index (χ4n) is 4.47. The third-order valence-electron chi connectivity index (χ3n) is 5.76. The van der Waals surface area contributed by atoms with Crippen LogP contribution in [-0.4, -0.2) is 39.5 Å². The maximum atomic E-state index is 12.6. The van der Waals surface area contributed by atoms with Crippen LogP contribution in [0.2, 0.25) is 10.0 Å². The molecule has 1 heterocycles. The highest BCUT2D eigenvalue weighted by atomic mass is 35.5. The molecule has 0 radical (unpaired) electrons. The molecule has 3 fully saturated rings. The number of nitrogens with one attached hydrogen (secondary N) is 2. The first kappa shape index (κ1) is 20.0. The smallest absolute Gasteiger partial charge is 0.271 e. The van der Waals surface area contributed by atoms with Crippen LogP contribution in [0, 0.1) is 0 Å². The SMILES string of the molecule is O=C(COc1ccc(Cl)c(Cl)c1)NC12CC(NC(=O)c3cnc4ccccc4n3)(C1)C2. The summed E-state index contributed by atoms with van der Waals surface area (Å²) in [4.78, 5) is 33.6. The molecule has 2 bridgehead atoms. The van der Waals surface area contributed by atoms with Crippen LogP contribution >= 0.6 is 23.2 Å². The number of para-hydroxylation sites is 2. The molecule has 3 aliphatic rings. The second kappa shape index (κ2) is 7.35. The molecule has 0 atom stereocenters. The van der Waals surface area contributed by atoms with Crippen molar-refractivity contribution in [2.45, 2.75) is 30.3 Å². The Morgan fingerprint density at radius 1 is 0.968 bits per heavy atom. The van der Waals surface area contributed by atoms with Crippen LogP contribution in [0.15, 0.2) is 48.7 Å². The van der Waals surface area contributed by atoms with Gasteiger partial charge in [0.15, 0.2) is 6.61 Å². The van der Waals surface area contributed by atoms with Crippen LogP contribution in [0.3, 0.4) is 0 Å². The van der Waals surface area contributed by atoms with E-state index < -0.39 is 0 Å². The summed E-state index contributed by atoms with van der Waals surface area (Å²) in [7, 11) is 0. The van der Waals surface area contributed by atoms with Crippen molar-refractivity contribution >= 4 is 46.0 Å². The number of halogens is 2. The number of ether oxygens (including phenoxy) is 1. The molecule has 31 heavy (non-hydrogen) atoms. The summed E-state index contributed by atoms with van der Waals surface area (Å²) in [5.74, 6) is 0.00861. The van der Waals surface area contributed by atoms with E-state index in [0.717, 1.165) is 5.52 Å². The normalized spacial score (nSPS) is 23.4. The molecule has 6 rings (SSSR count). The molecule has 1 aromatic heterocycles. The number of aromatic nitrogens is 2. The molecule has 3 saturated carbocycles. The highest BCUT2D eigenvalue weighted by Crippen LogP contribution is 2.60. The minimum atomic E-state index is -0.289. The average Bonchev–Trinajstić information content (AvgIpc) is 2.71. The van der Waals surface area contributed by atoms with Crippen LogP contribution in [0.4, 0.5) is 0 Å². The van der Waals surface area contributed by atoms with Crippen molar-refractivity contribution in [3.8, 4) is 5.75 Å². The lowest BCUT2D eigenvalue weighted by atomic mass is 9.44. The van der Waals surface area contributed by atoms with Gasteiger partial charge in [-0.2, -0.15) is 0 Å². The molecule has 3 aliphatic carbocycles. The number of fused-ring (bicyclic) bond motifs is 1. The van der Waals surface area contributed by atoms with Gasteiger partial charge in [0.25, 0.3) is 11.8 Å². The van der Waals surface area contributed by atoms with Crippen molar-refractivity contribution in [2.75, 3.05) is 6.61 Å². The Kier molecular flexibility index (Phi) is 4.75. The molecule has 7 nitrogen and oxygen atoms in total. The van der Waals surface area contributed by atoms with E-state index in [4.69, 9.17) is 27.9 Å². The third kappa shape index (κ3) is 3.79. The molecule has 3 aromatic rings. The van der Waals surface area contributed by atoms with Gasteiger partial charge < -0.3 is 15.4 Å². The molecule has 0 spiro atoms. The van der Waals surface area contributed by atoms with Crippen LogP contribution in [0.25, 0.3) is 11.0 Å². The standard InChI is InChI=1S/C22H18Cl2N4O3/c23-14-6-5-13(7-15(14)24)31-9-19(29)27-21-10-22(11-21,12-21)28-20(30)18-8-25-16-3-1-2-4-17(16)26-18/h1-8H,9-12H2,(H,27,29)(H,28,30). The van der Waals surface area contributed by atoms with Crippen molar-refractivity contribution in [3.05, 3.63) is 64.4 Å². The fourth-order valence-corrected chi connectivity index (χ4v) is 4.76.